The average molecular weight is 301 g/mol. The van der Waals surface area contributed by atoms with Crippen LogP contribution in [-0.2, 0) is 4.79 Å². The van der Waals surface area contributed by atoms with E-state index in [1.165, 1.54) is 0 Å². The minimum Gasteiger partial charge on any atom is -0.497 e. The summed E-state index contributed by atoms with van der Waals surface area (Å²) < 4.78 is 5.22. The van der Waals surface area contributed by atoms with E-state index in [0.29, 0.717) is 12.3 Å². The highest BCUT2D eigenvalue weighted by Crippen LogP contribution is 2.41. The van der Waals surface area contributed by atoms with Crippen LogP contribution in [-0.4, -0.2) is 12.9 Å². The SMILES string of the molecule is CCC(C)(C)[C@@H]1CCC(=O)/C(=C/Nc2cccc(OC)c2)C1. The summed E-state index contributed by atoms with van der Waals surface area (Å²) in [5.41, 5.74) is 2.15. The number of allylic oxidation sites excluding steroid dienone is 1. The fourth-order valence-electron chi connectivity index (χ4n) is 2.93. The van der Waals surface area contributed by atoms with Gasteiger partial charge in [-0.25, -0.2) is 0 Å². The first-order valence-corrected chi connectivity index (χ1v) is 8.09. The van der Waals surface area contributed by atoms with E-state index in [1.807, 2.05) is 30.5 Å². The van der Waals surface area contributed by atoms with Crippen molar-refractivity contribution in [2.75, 3.05) is 12.4 Å². The van der Waals surface area contributed by atoms with Crippen LogP contribution in [0.2, 0.25) is 0 Å². The predicted octanol–water partition coefficient (Wildman–Crippen LogP) is 4.80. The van der Waals surface area contributed by atoms with Crippen LogP contribution in [0, 0.1) is 11.3 Å². The fourth-order valence-corrected chi connectivity index (χ4v) is 2.93. The minimum atomic E-state index is 0.276. The summed E-state index contributed by atoms with van der Waals surface area (Å²) in [5, 5.41) is 3.25. The molecule has 1 saturated carbocycles. The van der Waals surface area contributed by atoms with Gasteiger partial charge in [-0.05, 0) is 36.3 Å². The van der Waals surface area contributed by atoms with E-state index in [4.69, 9.17) is 4.74 Å². The summed E-state index contributed by atoms with van der Waals surface area (Å²) in [6.07, 6.45) is 5.57. The summed E-state index contributed by atoms with van der Waals surface area (Å²) in [7, 11) is 1.65. The van der Waals surface area contributed by atoms with Crippen LogP contribution in [0.3, 0.4) is 0 Å². The van der Waals surface area contributed by atoms with Gasteiger partial charge >= 0.3 is 0 Å². The number of rotatable bonds is 5. The molecule has 1 aromatic carbocycles. The second kappa shape index (κ2) is 6.99. The number of Topliss-reactive ketones (excluding diaryl/α,β-unsaturated/α-hetero) is 1. The fraction of sp³-hybridized carbons (Fsp3) is 0.526. The Kier molecular flexibility index (Phi) is 5.28. The number of anilines is 1. The van der Waals surface area contributed by atoms with E-state index in [-0.39, 0.29) is 11.2 Å². The molecular weight excluding hydrogens is 274 g/mol. The average Bonchev–Trinajstić information content (AvgIpc) is 2.54. The van der Waals surface area contributed by atoms with Crippen LogP contribution in [0.4, 0.5) is 5.69 Å². The number of methoxy groups -OCH3 is 1. The van der Waals surface area contributed by atoms with Gasteiger partial charge in [-0.1, -0.05) is 33.3 Å². The van der Waals surface area contributed by atoms with Gasteiger partial charge in [0, 0.05) is 29.9 Å². The number of ketones is 1. The lowest BCUT2D eigenvalue weighted by atomic mass is 9.68. The Bertz CT molecular complexity index is 560. The number of hydrogen-bond donors (Lipinski definition) is 1. The molecule has 0 aromatic heterocycles. The summed E-state index contributed by atoms with van der Waals surface area (Å²) >= 11 is 0. The van der Waals surface area contributed by atoms with E-state index < -0.39 is 0 Å². The van der Waals surface area contributed by atoms with Crippen LogP contribution in [0.1, 0.15) is 46.5 Å². The van der Waals surface area contributed by atoms with Crippen molar-refractivity contribution < 1.29 is 9.53 Å². The highest BCUT2D eigenvalue weighted by Gasteiger charge is 2.33. The van der Waals surface area contributed by atoms with Crippen LogP contribution in [0.15, 0.2) is 36.0 Å². The zero-order chi connectivity index (χ0) is 16.2. The number of nitrogens with one attached hydrogen (secondary N) is 1. The lowest BCUT2D eigenvalue weighted by molar-refractivity contribution is -0.117. The minimum absolute atomic E-state index is 0.276. The molecule has 120 valence electrons. The van der Waals surface area contributed by atoms with Crippen LogP contribution >= 0.6 is 0 Å². The lowest BCUT2D eigenvalue weighted by Crippen LogP contribution is -2.29. The summed E-state index contributed by atoms with van der Waals surface area (Å²) in [4.78, 5) is 12.2. The first kappa shape index (κ1) is 16.6. The molecule has 0 aliphatic heterocycles. The van der Waals surface area contributed by atoms with Gasteiger partial charge in [0.25, 0.3) is 0 Å². The molecule has 1 fully saturated rings. The molecule has 1 aliphatic carbocycles. The van der Waals surface area contributed by atoms with Crippen molar-refractivity contribution in [2.45, 2.75) is 46.5 Å². The van der Waals surface area contributed by atoms with Crippen molar-refractivity contribution in [1.29, 1.82) is 0 Å². The Morgan fingerprint density at radius 1 is 1.41 bits per heavy atom. The third-order valence-corrected chi connectivity index (χ3v) is 5.04. The molecule has 3 nitrogen and oxygen atoms in total. The Morgan fingerprint density at radius 2 is 2.18 bits per heavy atom. The number of ether oxygens (including phenoxy) is 1. The zero-order valence-electron chi connectivity index (χ0n) is 14.1. The second-order valence-corrected chi connectivity index (χ2v) is 6.75. The maximum atomic E-state index is 12.2. The van der Waals surface area contributed by atoms with Gasteiger partial charge in [-0.3, -0.25) is 4.79 Å². The summed E-state index contributed by atoms with van der Waals surface area (Å²) in [5.74, 6) is 1.66. The van der Waals surface area contributed by atoms with Gasteiger partial charge in [-0.2, -0.15) is 0 Å². The Morgan fingerprint density at radius 3 is 2.86 bits per heavy atom. The topological polar surface area (TPSA) is 38.3 Å². The standard InChI is InChI=1S/C19H27NO2/c1-5-19(2,3)15-9-10-18(21)14(11-15)13-20-16-7-6-8-17(12-16)22-4/h6-8,12-13,15,20H,5,9-11H2,1-4H3/b14-13+/t15-/m1/s1. The van der Waals surface area contributed by atoms with E-state index in [2.05, 4.69) is 26.1 Å². The van der Waals surface area contributed by atoms with E-state index >= 15 is 0 Å². The van der Waals surface area contributed by atoms with Gasteiger partial charge in [0.05, 0.1) is 7.11 Å². The highest BCUT2D eigenvalue weighted by molar-refractivity contribution is 5.96. The normalized spacial score (nSPS) is 21.0. The number of benzene rings is 1. The molecule has 2 rings (SSSR count). The summed E-state index contributed by atoms with van der Waals surface area (Å²) in [6.45, 7) is 6.84. The van der Waals surface area contributed by atoms with Gasteiger partial charge < -0.3 is 10.1 Å². The Hall–Kier alpha value is -1.77. The van der Waals surface area contributed by atoms with Crippen molar-refractivity contribution >= 4 is 11.5 Å². The maximum Gasteiger partial charge on any atom is 0.160 e. The molecule has 1 aromatic rings. The van der Waals surface area contributed by atoms with Crippen molar-refractivity contribution in [1.82, 2.24) is 0 Å². The van der Waals surface area contributed by atoms with Gasteiger partial charge in [0.1, 0.15) is 5.75 Å². The van der Waals surface area contributed by atoms with Crippen LogP contribution < -0.4 is 10.1 Å². The van der Waals surface area contributed by atoms with Gasteiger partial charge in [0.15, 0.2) is 5.78 Å². The molecule has 1 atom stereocenters. The molecule has 0 saturated heterocycles. The number of carbonyl (C=O) groups is 1. The van der Waals surface area contributed by atoms with Crippen molar-refractivity contribution in [3.8, 4) is 5.75 Å². The zero-order valence-corrected chi connectivity index (χ0v) is 14.1. The molecular formula is C19H27NO2. The second-order valence-electron chi connectivity index (χ2n) is 6.75. The third-order valence-electron chi connectivity index (χ3n) is 5.04. The van der Waals surface area contributed by atoms with E-state index in [0.717, 1.165) is 36.3 Å². The van der Waals surface area contributed by atoms with E-state index in [9.17, 15) is 4.79 Å². The summed E-state index contributed by atoms with van der Waals surface area (Å²) in [6, 6.07) is 7.74. The monoisotopic (exact) mass is 301 g/mol. The molecule has 0 heterocycles. The number of hydrogen-bond acceptors (Lipinski definition) is 3. The molecule has 22 heavy (non-hydrogen) atoms. The molecule has 0 radical (unpaired) electrons. The molecule has 1 N–H and O–H groups in total. The Balaban J connectivity index is 2.10. The molecule has 0 bridgehead atoms. The van der Waals surface area contributed by atoms with Gasteiger partial charge in [-0.15, -0.1) is 0 Å². The van der Waals surface area contributed by atoms with Gasteiger partial charge in [0.2, 0.25) is 0 Å². The van der Waals surface area contributed by atoms with Crippen LogP contribution in [0.25, 0.3) is 0 Å². The van der Waals surface area contributed by atoms with Crippen molar-refractivity contribution in [2.24, 2.45) is 11.3 Å². The predicted molar refractivity (Wildman–Crippen MR) is 91.1 cm³/mol. The molecule has 1 aliphatic rings. The first-order chi connectivity index (χ1) is 10.5. The highest BCUT2D eigenvalue weighted by atomic mass is 16.5. The third kappa shape index (κ3) is 3.90. The smallest absolute Gasteiger partial charge is 0.160 e. The molecule has 0 amide bonds. The first-order valence-electron chi connectivity index (χ1n) is 8.09. The maximum absolute atomic E-state index is 12.2. The molecule has 3 heteroatoms. The van der Waals surface area contributed by atoms with Crippen molar-refractivity contribution in [3.63, 3.8) is 0 Å². The lowest BCUT2D eigenvalue weighted by Gasteiger charge is -2.36. The van der Waals surface area contributed by atoms with Crippen molar-refractivity contribution in [3.05, 3.63) is 36.0 Å². The molecule has 0 unspecified atom stereocenters. The quantitative estimate of drug-likeness (QED) is 0.794. The largest absolute Gasteiger partial charge is 0.497 e. The van der Waals surface area contributed by atoms with Crippen LogP contribution in [0.5, 0.6) is 5.75 Å². The number of carbonyl (C=O) groups excluding carboxylic acids is 1. The molecule has 0 spiro atoms. The Labute approximate surface area is 133 Å². The van der Waals surface area contributed by atoms with E-state index in [1.54, 1.807) is 7.11 Å².